The van der Waals surface area contributed by atoms with Crippen molar-refractivity contribution in [2.24, 2.45) is 0 Å². The van der Waals surface area contributed by atoms with E-state index in [4.69, 9.17) is 9.47 Å². The van der Waals surface area contributed by atoms with Crippen molar-refractivity contribution in [2.45, 2.75) is 77.5 Å². The van der Waals surface area contributed by atoms with Gasteiger partial charge in [-0.15, -0.1) is 0 Å². The van der Waals surface area contributed by atoms with E-state index in [-0.39, 0.29) is 11.6 Å². The highest BCUT2D eigenvalue weighted by Gasteiger charge is 2.23. The van der Waals surface area contributed by atoms with Gasteiger partial charge < -0.3 is 14.8 Å². The first kappa shape index (κ1) is 24.2. The zero-order valence-corrected chi connectivity index (χ0v) is 18.4. The number of esters is 1. The van der Waals surface area contributed by atoms with Crippen LogP contribution in [0.5, 0.6) is 0 Å². The van der Waals surface area contributed by atoms with Crippen molar-refractivity contribution in [1.82, 2.24) is 10.6 Å². The van der Waals surface area contributed by atoms with E-state index >= 15 is 0 Å². The Labute approximate surface area is 182 Å². The molecule has 0 radical (unpaired) electrons. The summed E-state index contributed by atoms with van der Waals surface area (Å²) in [7, 11) is 0. The van der Waals surface area contributed by atoms with E-state index in [2.05, 4.69) is 16.0 Å². The minimum atomic E-state index is -1.17. The number of nitrogens with one attached hydrogen (secondary N) is 3. The highest BCUT2D eigenvalue weighted by atomic mass is 16.6. The molecule has 1 saturated carbocycles. The van der Waals surface area contributed by atoms with Gasteiger partial charge in [-0.25, -0.2) is 14.4 Å². The Hall–Kier alpha value is -3.10. The van der Waals surface area contributed by atoms with Crippen molar-refractivity contribution >= 4 is 29.7 Å². The fourth-order valence-corrected chi connectivity index (χ4v) is 3.11. The van der Waals surface area contributed by atoms with Crippen molar-refractivity contribution in [1.29, 1.82) is 0 Å². The van der Waals surface area contributed by atoms with Crippen LogP contribution in [0.15, 0.2) is 24.3 Å². The Kier molecular flexibility index (Phi) is 8.41. The van der Waals surface area contributed by atoms with Crippen LogP contribution in [0.3, 0.4) is 0 Å². The van der Waals surface area contributed by atoms with E-state index in [9.17, 15) is 19.2 Å². The lowest BCUT2D eigenvalue weighted by molar-refractivity contribution is -0.127. The van der Waals surface area contributed by atoms with Crippen LogP contribution >= 0.6 is 0 Å². The van der Waals surface area contributed by atoms with Crippen molar-refractivity contribution < 1.29 is 28.7 Å². The zero-order valence-electron chi connectivity index (χ0n) is 18.4. The second-order valence-electron chi connectivity index (χ2n) is 8.55. The van der Waals surface area contributed by atoms with Gasteiger partial charge >= 0.3 is 18.1 Å². The molecule has 9 nitrogen and oxygen atoms in total. The summed E-state index contributed by atoms with van der Waals surface area (Å²) in [6.07, 6.45) is 3.20. The molecule has 170 valence electrons. The molecule has 1 aliphatic rings. The standard InChI is InChI=1S/C22H31N3O6/c1-14(18(26)25-20(28)23-16-10-6-5-7-11-16)30-19(27)15-9-8-12-17(13-15)24-21(29)31-22(2,3)4/h8-9,12-14,16H,5-7,10-11H2,1-4H3,(H,24,29)(H2,23,25,26,28). The predicted octanol–water partition coefficient (Wildman–Crippen LogP) is 3.74. The second-order valence-corrected chi connectivity index (χ2v) is 8.55. The Morgan fingerprint density at radius 3 is 2.39 bits per heavy atom. The number of hydrogen-bond donors (Lipinski definition) is 3. The Bertz CT molecular complexity index is 812. The van der Waals surface area contributed by atoms with E-state index in [1.165, 1.54) is 19.1 Å². The van der Waals surface area contributed by atoms with Crippen LogP contribution in [0.25, 0.3) is 0 Å². The summed E-state index contributed by atoms with van der Waals surface area (Å²) in [6, 6.07) is 5.51. The van der Waals surface area contributed by atoms with E-state index in [1.54, 1.807) is 32.9 Å². The maximum absolute atomic E-state index is 12.4. The molecule has 0 aliphatic heterocycles. The van der Waals surface area contributed by atoms with Crippen molar-refractivity contribution in [3.63, 3.8) is 0 Å². The molecule has 1 unspecified atom stereocenters. The van der Waals surface area contributed by atoms with Crippen LogP contribution in [0.2, 0.25) is 0 Å². The molecule has 0 heterocycles. The molecule has 1 aliphatic carbocycles. The normalized spacial score (nSPS) is 15.4. The van der Waals surface area contributed by atoms with Crippen molar-refractivity contribution in [2.75, 3.05) is 5.32 Å². The lowest BCUT2D eigenvalue weighted by Crippen LogP contribution is -2.48. The Balaban J connectivity index is 1.86. The summed E-state index contributed by atoms with van der Waals surface area (Å²) in [4.78, 5) is 48.4. The fraction of sp³-hybridized carbons (Fsp3) is 0.545. The number of carbonyl (C=O) groups excluding carboxylic acids is 4. The van der Waals surface area contributed by atoms with Crippen LogP contribution in [-0.4, -0.2) is 41.7 Å². The molecule has 1 fully saturated rings. The van der Waals surface area contributed by atoms with E-state index < -0.39 is 35.7 Å². The summed E-state index contributed by atoms with van der Waals surface area (Å²) in [5.74, 6) is -1.48. The Morgan fingerprint density at radius 2 is 1.74 bits per heavy atom. The van der Waals surface area contributed by atoms with Gasteiger partial charge in [-0.3, -0.25) is 15.4 Å². The number of hydrogen-bond acceptors (Lipinski definition) is 6. The maximum atomic E-state index is 12.4. The number of anilines is 1. The number of benzene rings is 1. The summed E-state index contributed by atoms with van der Waals surface area (Å²) in [5.41, 5.74) is -0.181. The van der Waals surface area contributed by atoms with Gasteiger partial charge in [0, 0.05) is 11.7 Å². The third-order valence-electron chi connectivity index (χ3n) is 4.57. The minimum Gasteiger partial charge on any atom is -0.449 e. The highest BCUT2D eigenvalue weighted by molar-refractivity contribution is 5.99. The van der Waals surface area contributed by atoms with E-state index in [0.29, 0.717) is 5.69 Å². The van der Waals surface area contributed by atoms with Gasteiger partial charge in [0.05, 0.1) is 5.56 Å². The average Bonchev–Trinajstić information content (AvgIpc) is 2.67. The third kappa shape index (κ3) is 8.65. The van der Waals surface area contributed by atoms with Gasteiger partial charge in [0.25, 0.3) is 5.91 Å². The average molecular weight is 434 g/mol. The van der Waals surface area contributed by atoms with Crippen LogP contribution < -0.4 is 16.0 Å². The van der Waals surface area contributed by atoms with E-state index in [0.717, 1.165) is 32.1 Å². The molecule has 2 rings (SSSR count). The second kappa shape index (κ2) is 10.8. The molecule has 0 bridgehead atoms. The van der Waals surface area contributed by atoms with Gasteiger partial charge in [-0.1, -0.05) is 25.3 Å². The summed E-state index contributed by atoms with van der Waals surface area (Å²) >= 11 is 0. The smallest absolute Gasteiger partial charge is 0.412 e. The van der Waals surface area contributed by atoms with Gasteiger partial charge in [0.15, 0.2) is 6.10 Å². The maximum Gasteiger partial charge on any atom is 0.412 e. The van der Waals surface area contributed by atoms with Crippen molar-refractivity contribution in [3.8, 4) is 0 Å². The van der Waals surface area contributed by atoms with Crippen molar-refractivity contribution in [3.05, 3.63) is 29.8 Å². The number of urea groups is 1. The van der Waals surface area contributed by atoms with Crippen LogP contribution in [0.4, 0.5) is 15.3 Å². The number of ether oxygens (including phenoxy) is 2. The number of amides is 4. The largest absolute Gasteiger partial charge is 0.449 e. The molecule has 0 aromatic heterocycles. The summed E-state index contributed by atoms with van der Waals surface area (Å²) < 4.78 is 10.3. The molecular weight excluding hydrogens is 402 g/mol. The Morgan fingerprint density at radius 1 is 1.06 bits per heavy atom. The van der Waals surface area contributed by atoms with E-state index in [1.807, 2.05) is 0 Å². The van der Waals surface area contributed by atoms with Gasteiger partial charge in [-0.2, -0.15) is 0 Å². The predicted molar refractivity (Wildman–Crippen MR) is 115 cm³/mol. The van der Waals surface area contributed by atoms with Crippen LogP contribution in [-0.2, 0) is 14.3 Å². The number of carbonyl (C=O) groups is 4. The van der Waals surface area contributed by atoms with Crippen LogP contribution in [0.1, 0.15) is 70.2 Å². The van der Waals surface area contributed by atoms with Gasteiger partial charge in [-0.05, 0) is 58.7 Å². The first-order valence-corrected chi connectivity index (χ1v) is 10.5. The lowest BCUT2D eigenvalue weighted by atomic mass is 9.96. The monoisotopic (exact) mass is 433 g/mol. The molecular formula is C22H31N3O6. The fourth-order valence-electron chi connectivity index (χ4n) is 3.11. The molecule has 0 spiro atoms. The zero-order chi connectivity index (χ0) is 23.0. The quantitative estimate of drug-likeness (QED) is 0.608. The first-order valence-electron chi connectivity index (χ1n) is 10.5. The lowest BCUT2D eigenvalue weighted by Gasteiger charge is -2.23. The molecule has 1 aromatic rings. The molecule has 9 heteroatoms. The number of imide groups is 1. The molecule has 4 amide bonds. The summed E-state index contributed by atoms with van der Waals surface area (Å²) in [5, 5.41) is 7.50. The molecule has 0 saturated heterocycles. The third-order valence-corrected chi connectivity index (χ3v) is 4.57. The summed E-state index contributed by atoms with van der Waals surface area (Å²) in [6.45, 7) is 6.59. The molecule has 1 aromatic carbocycles. The SMILES string of the molecule is CC(OC(=O)c1cccc(NC(=O)OC(C)(C)C)c1)C(=O)NC(=O)NC1CCCCC1. The van der Waals surface area contributed by atoms with Gasteiger partial charge in [0.2, 0.25) is 0 Å². The molecule has 3 N–H and O–H groups in total. The van der Waals surface area contributed by atoms with Gasteiger partial charge in [0.1, 0.15) is 5.60 Å². The van der Waals surface area contributed by atoms with Crippen LogP contribution in [0, 0.1) is 0 Å². The number of rotatable bonds is 5. The molecule has 1 atom stereocenters. The highest BCUT2D eigenvalue weighted by Crippen LogP contribution is 2.17. The topological polar surface area (TPSA) is 123 Å². The first-order chi connectivity index (χ1) is 14.5. The minimum absolute atomic E-state index is 0.0552. The molecule has 31 heavy (non-hydrogen) atoms.